The third-order valence-electron chi connectivity index (χ3n) is 4.60. The van der Waals surface area contributed by atoms with E-state index in [1.165, 1.54) is 12.1 Å². The van der Waals surface area contributed by atoms with E-state index in [9.17, 15) is 22.8 Å². The minimum absolute atomic E-state index is 0.0328. The number of carbonyl (C=O) groups excluding carboxylic acids is 2. The van der Waals surface area contributed by atoms with Gasteiger partial charge in [0.25, 0.3) is 0 Å². The Morgan fingerprint density at radius 1 is 0.812 bits per heavy atom. The van der Waals surface area contributed by atoms with Gasteiger partial charge in [-0.15, -0.1) is 0 Å². The Bertz CT molecular complexity index is 1100. The summed E-state index contributed by atoms with van der Waals surface area (Å²) >= 11 is 0. The molecule has 3 aromatic rings. The first-order valence-corrected chi connectivity index (χ1v) is 9.85. The molecule has 0 unspecified atom stereocenters. The Labute approximate surface area is 183 Å². The summed E-state index contributed by atoms with van der Waals surface area (Å²) < 4.78 is 37.9. The zero-order valence-corrected chi connectivity index (χ0v) is 17.3. The molecule has 0 heterocycles. The van der Waals surface area contributed by atoms with Crippen molar-refractivity contribution in [3.05, 3.63) is 95.1 Å². The monoisotopic (exact) mass is 441 g/mol. The maximum Gasteiger partial charge on any atom is 0.416 e. The second-order valence-electron chi connectivity index (χ2n) is 7.30. The Balaban J connectivity index is 1.51. The molecule has 0 saturated heterocycles. The number of carbonyl (C=O) groups is 2. The first-order valence-electron chi connectivity index (χ1n) is 9.85. The molecule has 0 aliphatic carbocycles. The minimum atomic E-state index is -4.41. The predicted octanol–water partition coefficient (Wildman–Crippen LogP) is 5.52. The molecular formula is C24H22F3N3O2. The maximum atomic E-state index is 12.6. The van der Waals surface area contributed by atoms with Crippen molar-refractivity contribution in [3.63, 3.8) is 0 Å². The fraction of sp³-hybridized carbons (Fsp3) is 0.167. The highest BCUT2D eigenvalue weighted by Gasteiger charge is 2.29. The van der Waals surface area contributed by atoms with Crippen molar-refractivity contribution in [3.8, 4) is 0 Å². The van der Waals surface area contributed by atoms with E-state index in [4.69, 9.17) is 0 Å². The number of hydrogen-bond donors (Lipinski definition) is 3. The molecule has 0 bridgehead atoms. The smallest absolute Gasteiger partial charge is 0.352 e. The van der Waals surface area contributed by atoms with Crippen LogP contribution in [0.2, 0.25) is 0 Å². The Kier molecular flexibility index (Phi) is 7.14. The van der Waals surface area contributed by atoms with Crippen LogP contribution in [0.25, 0.3) is 0 Å². The number of amides is 3. The second kappa shape index (κ2) is 10.00. The van der Waals surface area contributed by atoms with Crippen molar-refractivity contribution in [2.75, 3.05) is 10.6 Å². The average Bonchev–Trinajstić information content (AvgIpc) is 2.72. The summed E-state index contributed by atoms with van der Waals surface area (Å²) in [6.45, 7) is 2.15. The van der Waals surface area contributed by atoms with Crippen LogP contribution in [0.1, 0.15) is 22.3 Å². The number of alkyl halides is 3. The number of hydrogen-bond acceptors (Lipinski definition) is 2. The number of halogens is 3. The van der Waals surface area contributed by atoms with Crippen LogP contribution in [-0.4, -0.2) is 11.9 Å². The van der Waals surface area contributed by atoms with E-state index in [0.29, 0.717) is 16.9 Å². The van der Waals surface area contributed by atoms with E-state index < -0.39 is 11.7 Å². The van der Waals surface area contributed by atoms with Crippen LogP contribution in [0.4, 0.5) is 29.3 Å². The zero-order valence-electron chi connectivity index (χ0n) is 17.3. The minimum Gasteiger partial charge on any atom is -0.352 e. The van der Waals surface area contributed by atoms with Gasteiger partial charge >= 0.3 is 12.2 Å². The summed E-state index contributed by atoms with van der Waals surface area (Å²) in [5, 5.41) is 8.22. The van der Waals surface area contributed by atoms with E-state index in [2.05, 4.69) is 16.0 Å². The summed E-state index contributed by atoms with van der Waals surface area (Å²) in [6, 6.07) is 18.5. The predicted molar refractivity (Wildman–Crippen MR) is 117 cm³/mol. The molecule has 3 rings (SSSR count). The third kappa shape index (κ3) is 6.87. The number of rotatable bonds is 6. The molecule has 32 heavy (non-hydrogen) atoms. The number of aryl methyl sites for hydroxylation is 1. The van der Waals surface area contributed by atoms with Crippen LogP contribution in [0.3, 0.4) is 0 Å². The van der Waals surface area contributed by atoms with Gasteiger partial charge in [-0.1, -0.05) is 36.4 Å². The van der Waals surface area contributed by atoms with Crippen LogP contribution in [0, 0.1) is 6.92 Å². The maximum absolute atomic E-state index is 12.6. The van der Waals surface area contributed by atoms with Crippen LogP contribution in [0.5, 0.6) is 0 Å². The highest BCUT2D eigenvalue weighted by Crippen LogP contribution is 2.29. The van der Waals surface area contributed by atoms with Crippen molar-refractivity contribution in [2.24, 2.45) is 0 Å². The number of anilines is 2. The number of nitrogens with one attached hydrogen (secondary N) is 3. The van der Waals surface area contributed by atoms with Crippen molar-refractivity contribution in [2.45, 2.75) is 26.1 Å². The summed E-state index contributed by atoms with van der Waals surface area (Å²) in [6.07, 6.45) is -4.44. The first kappa shape index (κ1) is 22.9. The van der Waals surface area contributed by atoms with Gasteiger partial charge in [-0.05, 0) is 60.0 Å². The molecule has 5 nitrogen and oxygen atoms in total. The zero-order chi connectivity index (χ0) is 23.1. The fourth-order valence-electron chi connectivity index (χ4n) is 3.04. The lowest BCUT2D eigenvalue weighted by Crippen LogP contribution is -2.24. The summed E-state index contributed by atoms with van der Waals surface area (Å²) in [7, 11) is 0. The van der Waals surface area contributed by atoms with Crippen LogP contribution in [0.15, 0.2) is 72.8 Å². The lowest BCUT2D eigenvalue weighted by atomic mass is 10.1. The fourth-order valence-corrected chi connectivity index (χ4v) is 3.04. The van der Waals surface area contributed by atoms with Gasteiger partial charge in [0.2, 0.25) is 5.91 Å². The molecule has 0 radical (unpaired) electrons. The highest BCUT2D eigenvalue weighted by atomic mass is 19.4. The topological polar surface area (TPSA) is 70.2 Å². The highest BCUT2D eigenvalue weighted by molar-refractivity contribution is 5.99. The van der Waals surface area contributed by atoms with Gasteiger partial charge in [0, 0.05) is 17.9 Å². The molecule has 0 fully saturated rings. The van der Waals surface area contributed by atoms with Gasteiger partial charge in [0.05, 0.1) is 12.0 Å². The van der Waals surface area contributed by atoms with Gasteiger partial charge in [-0.3, -0.25) is 4.79 Å². The Hall–Kier alpha value is -3.81. The Morgan fingerprint density at radius 2 is 1.44 bits per heavy atom. The van der Waals surface area contributed by atoms with Crippen LogP contribution in [-0.2, 0) is 23.9 Å². The SMILES string of the molecule is Cc1cccc(NC(=O)Nc2cccc(CNC(=O)Cc3ccc(C(F)(F)F)cc3)c2)c1. The summed E-state index contributed by atoms with van der Waals surface area (Å²) in [4.78, 5) is 24.3. The van der Waals surface area contributed by atoms with Crippen molar-refractivity contribution in [1.29, 1.82) is 0 Å². The number of urea groups is 1. The van der Waals surface area contributed by atoms with Gasteiger partial charge in [-0.2, -0.15) is 13.2 Å². The lowest BCUT2D eigenvalue weighted by Gasteiger charge is -2.11. The molecule has 0 aromatic heterocycles. The summed E-state index contributed by atoms with van der Waals surface area (Å²) in [5.41, 5.74) is 2.76. The molecule has 0 spiro atoms. The van der Waals surface area contributed by atoms with Crippen molar-refractivity contribution >= 4 is 23.3 Å². The molecule has 0 atom stereocenters. The first-order chi connectivity index (χ1) is 15.2. The molecule has 0 aliphatic heterocycles. The van der Waals surface area contributed by atoms with Crippen molar-refractivity contribution in [1.82, 2.24) is 5.32 Å². The van der Waals surface area contributed by atoms with Gasteiger partial charge in [0.15, 0.2) is 0 Å². The normalized spacial score (nSPS) is 11.0. The molecule has 166 valence electrons. The largest absolute Gasteiger partial charge is 0.416 e. The van der Waals surface area contributed by atoms with E-state index in [1.54, 1.807) is 30.3 Å². The van der Waals surface area contributed by atoms with E-state index in [0.717, 1.165) is 23.3 Å². The molecule has 8 heteroatoms. The molecule has 0 aliphatic rings. The lowest BCUT2D eigenvalue weighted by molar-refractivity contribution is -0.137. The number of benzene rings is 3. The molecule has 3 amide bonds. The second-order valence-corrected chi connectivity index (χ2v) is 7.30. The van der Waals surface area contributed by atoms with Gasteiger partial charge in [0.1, 0.15) is 0 Å². The molecule has 3 aromatic carbocycles. The third-order valence-corrected chi connectivity index (χ3v) is 4.60. The van der Waals surface area contributed by atoms with Gasteiger partial charge in [-0.25, -0.2) is 4.79 Å². The molecule has 0 saturated carbocycles. The Morgan fingerprint density at radius 3 is 2.06 bits per heavy atom. The van der Waals surface area contributed by atoms with Gasteiger partial charge < -0.3 is 16.0 Å². The van der Waals surface area contributed by atoms with Crippen LogP contribution >= 0.6 is 0 Å². The standard InChI is InChI=1S/C24H22F3N3O2/c1-16-4-2-6-20(12-16)29-23(32)30-21-7-3-5-18(13-21)15-28-22(31)14-17-8-10-19(11-9-17)24(25,26)27/h2-13H,14-15H2,1H3,(H,28,31)(H2,29,30,32). The van der Waals surface area contributed by atoms with E-state index >= 15 is 0 Å². The summed E-state index contributed by atoms with van der Waals surface area (Å²) in [5.74, 6) is -0.319. The van der Waals surface area contributed by atoms with Crippen molar-refractivity contribution < 1.29 is 22.8 Å². The molecular weight excluding hydrogens is 419 g/mol. The van der Waals surface area contributed by atoms with E-state index in [1.807, 2.05) is 25.1 Å². The quantitative estimate of drug-likeness (QED) is 0.472. The van der Waals surface area contributed by atoms with E-state index in [-0.39, 0.29) is 24.9 Å². The molecule has 3 N–H and O–H groups in total. The average molecular weight is 441 g/mol. The van der Waals surface area contributed by atoms with Crippen LogP contribution < -0.4 is 16.0 Å².